The van der Waals surface area contributed by atoms with E-state index in [0.717, 1.165) is 11.3 Å². The van der Waals surface area contributed by atoms with Crippen LogP contribution in [-0.2, 0) is 22.5 Å². The van der Waals surface area contributed by atoms with Crippen LogP contribution in [0.4, 0.5) is 4.39 Å². The van der Waals surface area contributed by atoms with Gasteiger partial charge in [-0.15, -0.1) is 0 Å². The molecule has 6 heteroatoms. The number of hydrogen-bond donors (Lipinski definition) is 0. The molecule has 0 saturated heterocycles. The number of aryl methyl sites for hydroxylation is 1. The maximum atomic E-state index is 13.4. The topological polar surface area (TPSA) is 59.5 Å². The van der Waals surface area contributed by atoms with Crippen molar-refractivity contribution in [3.05, 3.63) is 76.7 Å². The summed E-state index contributed by atoms with van der Waals surface area (Å²) in [7, 11) is 1.60. The minimum Gasteiger partial charge on any atom is -0.449 e. The Bertz CT molecular complexity index is 1100. The molecule has 5 nitrogen and oxygen atoms in total. The van der Waals surface area contributed by atoms with E-state index >= 15 is 0 Å². The predicted octanol–water partition coefficient (Wildman–Crippen LogP) is 4.45. The molecule has 3 rings (SSSR count). The molecule has 0 radical (unpaired) electrons. The number of aromatic nitrogens is 1. The second-order valence-electron chi connectivity index (χ2n) is 7.30. The van der Waals surface area contributed by atoms with Crippen LogP contribution in [0.3, 0.4) is 0 Å². The van der Waals surface area contributed by atoms with Gasteiger partial charge in [-0.1, -0.05) is 37.3 Å². The number of esters is 1. The maximum Gasteiger partial charge on any atom is 0.339 e. The van der Waals surface area contributed by atoms with Gasteiger partial charge in [-0.3, -0.25) is 9.78 Å². The first-order valence-corrected chi connectivity index (χ1v) is 9.90. The second-order valence-corrected chi connectivity index (χ2v) is 7.30. The molecule has 0 saturated carbocycles. The Morgan fingerprint density at radius 1 is 1.17 bits per heavy atom. The molecular formula is C24H25FN2O3. The molecule has 0 N–H and O–H groups in total. The quantitative estimate of drug-likeness (QED) is 0.566. The summed E-state index contributed by atoms with van der Waals surface area (Å²) in [6.45, 7) is 5.58. The fraction of sp³-hybridized carbons (Fsp3) is 0.292. The highest BCUT2D eigenvalue weighted by atomic mass is 19.1. The van der Waals surface area contributed by atoms with E-state index in [9.17, 15) is 14.0 Å². The first kappa shape index (κ1) is 21.4. The van der Waals surface area contributed by atoms with Crippen LogP contribution in [0.2, 0.25) is 0 Å². The number of halogens is 1. The number of carbonyl (C=O) groups is 2. The highest BCUT2D eigenvalue weighted by Gasteiger charge is 2.25. The number of hydrogen-bond acceptors (Lipinski definition) is 4. The van der Waals surface area contributed by atoms with Crippen LogP contribution < -0.4 is 0 Å². The van der Waals surface area contributed by atoms with Gasteiger partial charge in [-0.2, -0.15) is 0 Å². The zero-order chi connectivity index (χ0) is 21.8. The number of pyridine rings is 1. The van der Waals surface area contributed by atoms with Crippen LogP contribution >= 0.6 is 0 Å². The summed E-state index contributed by atoms with van der Waals surface area (Å²) in [5.41, 5.74) is 3.39. The standard InChI is InChI=1S/C24H25FN2O3/c1-5-20-15(2)22(19-11-6-7-12-21(19)26-20)24(29)30-16(3)23(28)27(4)14-17-9-8-10-18(25)13-17/h6-13,16H,5,14H2,1-4H3/t16-/m1/s1. The van der Waals surface area contributed by atoms with Crippen molar-refractivity contribution in [1.82, 2.24) is 9.88 Å². The predicted molar refractivity (Wildman–Crippen MR) is 114 cm³/mol. The monoisotopic (exact) mass is 408 g/mol. The van der Waals surface area contributed by atoms with E-state index in [1.807, 2.05) is 38.1 Å². The smallest absolute Gasteiger partial charge is 0.339 e. The van der Waals surface area contributed by atoms with Crippen molar-refractivity contribution < 1.29 is 18.7 Å². The van der Waals surface area contributed by atoms with Gasteiger partial charge in [-0.05, 0) is 49.6 Å². The Balaban J connectivity index is 1.80. The number of fused-ring (bicyclic) bond motifs is 1. The van der Waals surface area contributed by atoms with Gasteiger partial charge in [0, 0.05) is 24.7 Å². The highest BCUT2D eigenvalue weighted by molar-refractivity contribution is 6.05. The van der Waals surface area contributed by atoms with Gasteiger partial charge in [0.25, 0.3) is 5.91 Å². The SMILES string of the molecule is CCc1nc2ccccc2c(C(=O)O[C@H](C)C(=O)N(C)Cc2cccc(F)c2)c1C. The van der Waals surface area contributed by atoms with E-state index in [-0.39, 0.29) is 18.3 Å². The number of rotatable bonds is 6. The average Bonchev–Trinajstić information content (AvgIpc) is 2.72. The zero-order valence-electron chi connectivity index (χ0n) is 17.6. The first-order chi connectivity index (χ1) is 14.3. The third kappa shape index (κ3) is 4.48. The summed E-state index contributed by atoms with van der Waals surface area (Å²) < 4.78 is 18.9. The molecular weight excluding hydrogens is 383 g/mol. The number of ether oxygens (including phenoxy) is 1. The Morgan fingerprint density at radius 2 is 1.90 bits per heavy atom. The second kappa shape index (κ2) is 9.03. The van der Waals surface area contributed by atoms with Gasteiger partial charge in [0.15, 0.2) is 6.10 Å². The Hall–Kier alpha value is -3.28. The summed E-state index contributed by atoms with van der Waals surface area (Å²) in [6, 6.07) is 13.4. The van der Waals surface area contributed by atoms with Gasteiger partial charge in [0.05, 0.1) is 11.1 Å². The van der Waals surface area contributed by atoms with E-state index < -0.39 is 12.1 Å². The molecule has 0 fully saturated rings. The van der Waals surface area contributed by atoms with Crippen LogP contribution in [-0.4, -0.2) is 34.9 Å². The lowest BCUT2D eigenvalue weighted by atomic mass is 10.0. The first-order valence-electron chi connectivity index (χ1n) is 9.90. The number of likely N-dealkylation sites (N-methyl/N-ethyl adjacent to an activating group) is 1. The minimum atomic E-state index is -0.979. The fourth-order valence-electron chi connectivity index (χ4n) is 3.53. The van der Waals surface area contributed by atoms with Crippen molar-refractivity contribution in [2.75, 3.05) is 7.05 Å². The largest absolute Gasteiger partial charge is 0.449 e. The molecule has 0 aliphatic carbocycles. The van der Waals surface area contributed by atoms with Gasteiger partial charge in [-0.25, -0.2) is 9.18 Å². The van der Waals surface area contributed by atoms with Crippen LogP contribution in [0, 0.1) is 12.7 Å². The number of amides is 1. The molecule has 1 aromatic heterocycles. The molecule has 2 aromatic carbocycles. The number of benzene rings is 2. The van der Waals surface area contributed by atoms with Crippen molar-refractivity contribution >= 4 is 22.8 Å². The van der Waals surface area contributed by atoms with E-state index in [1.165, 1.54) is 17.0 Å². The lowest BCUT2D eigenvalue weighted by Gasteiger charge is -2.22. The molecule has 0 unspecified atom stereocenters. The normalized spacial score (nSPS) is 11.9. The minimum absolute atomic E-state index is 0.218. The van der Waals surface area contributed by atoms with Crippen molar-refractivity contribution in [3.8, 4) is 0 Å². The van der Waals surface area contributed by atoms with E-state index in [2.05, 4.69) is 4.98 Å². The van der Waals surface area contributed by atoms with Crippen LogP contribution in [0.25, 0.3) is 10.9 Å². The highest BCUT2D eigenvalue weighted by Crippen LogP contribution is 2.25. The van der Waals surface area contributed by atoms with E-state index in [1.54, 1.807) is 26.1 Å². The van der Waals surface area contributed by atoms with Gasteiger partial charge < -0.3 is 9.64 Å². The van der Waals surface area contributed by atoms with Crippen molar-refractivity contribution in [2.24, 2.45) is 0 Å². The molecule has 3 aromatic rings. The van der Waals surface area contributed by atoms with Gasteiger partial charge >= 0.3 is 5.97 Å². The Kier molecular flexibility index (Phi) is 6.45. The van der Waals surface area contributed by atoms with Crippen LogP contribution in [0.15, 0.2) is 48.5 Å². The van der Waals surface area contributed by atoms with Crippen LogP contribution in [0.5, 0.6) is 0 Å². The third-order valence-corrected chi connectivity index (χ3v) is 5.09. The zero-order valence-corrected chi connectivity index (χ0v) is 17.6. The van der Waals surface area contributed by atoms with Crippen molar-refractivity contribution in [2.45, 2.75) is 39.8 Å². The van der Waals surface area contributed by atoms with Crippen molar-refractivity contribution in [1.29, 1.82) is 0 Å². The average molecular weight is 408 g/mol. The third-order valence-electron chi connectivity index (χ3n) is 5.09. The molecule has 0 aliphatic rings. The molecule has 30 heavy (non-hydrogen) atoms. The summed E-state index contributed by atoms with van der Waals surface area (Å²) in [4.78, 5) is 31.8. The summed E-state index contributed by atoms with van der Waals surface area (Å²) in [5, 5.41) is 0.699. The molecule has 1 amide bonds. The van der Waals surface area contributed by atoms with Gasteiger partial charge in [0.1, 0.15) is 5.82 Å². The summed E-state index contributed by atoms with van der Waals surface area (Å²) in [5.74, 6) is -1.28. The molecule has 0 spiro atoms. The Morgan fingerprint density at radius 3 is 2.60 bits per heavy atom. The molecule has 1 heterocycles. The molecule has 156 valence electrons. The fourth-order valence-corrected chi connectivity index (χ4v) is 3.53. The summed E-state index contributed by atoms with van der Waals surface area (Å²) >= 11 is 0. The van der Waals surface area contributed by atoms with E-state index in [0.29, 0.717) is 28.5 Å². The lowest BCUT2D eigenvalue weighted by molar-refractivity contribution is -0.139. The molecule has 0 aliphatic heterocycles. The van der Waals surface area contributed by atoms with Crippen LogP contribution in [0.1, 0.15) is 41.0 Å². The molecule has 0 bridgehead atoms. The van der Waals surface area contributed by atoms with Crippen molar-refractivity contribution in [3.63, 3.8) is 0 Å². The summed E-state index contributed by atoms with van der Waals surface area (Å²) in [6.07, 6.45) is -0.297. The van der Waals surface area contributed by atoms with E-state index in [4.69, 9.17) is 4.74 Å². The lowest BCUT2D eigenvalue weighted by Crippen LogP contribution is -2.37. The Labute approximate surface area is 175 Å². The number of para-hydroxylation sites is 1. The number of carbonyl (C=O) groups excluding carboxylic acids is 2. The molecule has 1 atom stereocenters. The number of nitrogens with zero attached hydrogens (tertiary/aromatic N) is 2. The maximum absolute atomic E-state index is 13.4. The van der Waals surface area contributed by atoms with Gasteiger partial charge in [0.2, 0.25) is 0 Å².